The Balaban J connectivity index is 2.28. The minimum Gasteiger partial charge on any atom is -0.383 e. The summed E-state index contributed by atoms with van der Waals surface area (Å²) >= 11 is 1.67. The van der Waals surface area contributed by atoms with Crippen molar-refractivity contribution in [3.05, 3.63) is 40.8 Å². The molecule has 2 heterocycles. The molecule has 0 aliphatic rings. The first-order valence-electron chi connectivity index (χ1n) is 5.75. The first kappa shape index (κ1) is 11.2. The van der Waals surface area contributed by atoms with Crippen LogP contribution in [0.25, 0.3) is 21.6 Å². The van der Waals surface area contributed by atoms with Gasteiger partial charge in [-0.15, -0.1) is 11.3 Å². The molecule has 2 aromatic heterocycles. The van der Waals surface area contributed by atoms with E-state index in [2.05, 4.69) is 23.8 Å². The van der Waals surface area contributed by atoms with Gasteiger partial charge in [0.05, 0.1) is 5.39 Å². The lowest BCUT2D eigenvalue weighted by atomic mass is 10.2. The third kappa shape index (κ3) is 1.66. The second-order valence-electron chi connectivity index (χ2n) is 4.26. The maximum atomic E-state index is 6.06. The number of hydrogen-bond donors (Lipinski definition) is 1. The van der Waals surface area contributed by atoms with Gasteiger partial charge in [0.1, 0.15) is 10.6 Å². The van der Waals surface area contributed by atoms with E-state index in [1.165, 1.54) is 10.4 Å². The Kier molecular flexibility index (Phi) is 2.52. The van der Waals surface area contributed by atoms with Gasteiger partial charge in [0, 0.05) is 10.4 Å². The van der Waals surface area contributed by atoms with Gasteiger partial charge < -0.3 is 5.73 Å². The maximum Gasteiger partial charge on any atom is 0.163 e. The molecule has 0 fully saturated rings. The van der Waals surface area contributed by atoms with E-state index < -0.39 is 0 Å². The highest BCUT2D eigenvalue weighted by Gasteiger charge is 2.13. The molecule has 3 aromatic rings. The molecule has 2 N–H and O–H groups in total. The lowest BCUT2D eigenvalue weighted by Crippen LogP contribution is -1.96. The fourth-order valence-electron chi connectivity index (χ4n) is 2.00. The van der Waals surface area contributed by atoms with Gasteiger partial charge in [-0.1, -0.05) is 30.3 Å². The molecule has 0 aliphatic carbocycles. The van der Waals surface area contributed by atoms with E-state index in [1.807, 2.05) is 30.3 Å². The number of aromatic nitrogens is 2. The predicted molar refractivity (Wildman–Crippen MR) is 76.7 cm³/mol. The topological polar surface area (TPSA) is 51.8 Å². The summed E-state index contributed by atoms with van der Waals surface area (Å²) in [6.07, 6.45) is 0. The van der Waals surface area contributed by atoms with Crippen LogP contribution in [0.3, 0.4) is 0 Å². The van der Waals surface area contributed by atoms with Crippen LogP contribution in [0.15, 0.2) is 30.3 Å². The fraction of sp³-hybridized carbons (Fsp3) is 0.143. The molecule has 3 nitrogen and oxygen atoms in total. The third-order valence-corrected chi connectivity index (χ3v) is 4.19. The van der Waals surface area contributed by atoms with Gasteiger partial charge in [-0.3, -0.25) is 0 Å². The molecule has 4 heteroatoms. The number of fused-ring (bicyclic) bond motifs is 1. The fourth-order valence-corrected chi connectivity index (χ4v) is 3.03. The maximum absolute atomic E-state index is 6.06. The van der Waals surface area contributed by atoms with Crippen molar-refractivity contribution < 1.29 is 0 Å². The second-order valence-corrected chi connectivity index (χ2v) is 5.47. The van der Waals surface area contributed by atoms with Crippen LogP contribution in [-0.4, -0.2) is 9.97 Å². The van der Waals surface area contributed by atoms with Crippen molar-refractivity contribution >= 4 is 27.4 Å². The molecule has 0 spiro atoms. The SMILES string of the molecule is Cc1sc2nc(-c3ccccc3)nc(N)c2c1C. The summed E-state index contributed by atoms with van der Waals surface area (Å²) in [5.41, 5.74) is 8.25. The van der Waals surface area contributed by atoms with Crippen molar-refractivity contribution in [3.63, 3.8) is 0 Å². The van der Waals surface area contributed by atoms with Crippen LogP contribution in [0.5, 0.6) is 0 Å². The van der Waals surface area contributed by atoms with E-state index in [0.29, 0.717) is 11.6 Å². The molecule has 0 bridgehead atoms. The van der Waals surface area contributed by atoms with Crippen molar-refractivity contribution in [2.45, 2.75) is 13.8 Å². The average molecular weight is 255 g/mol. The quantitative estimate of drug-likeness (QED) is 0.723. The number of nitrogen functional groups attached to an aromatic ring is 1. The zero-order chi connectivity index (χ0) is 12.7. The van der Waals surface area contributed by atoms with Crippen LogP contribution in [0.1, 0.15) is 10.4 Å². The molecular formula is C14H13N3S. The highest BCUT2D eigenvalue weighted by Crippen LogP contribution is 2.33. The van der Waals surface area contributed by atoms with Gasteiger partial charge >= 0.3 is 0 Å². The highest BCUT2D eigenvalue weighted by molar-refractivity contribution is 7.18. The van der Waals surface area contributed by atoms with Gasteiger partial charge in [0.15, 0.2) is 5.82 Å². The van der Waals surface area contributed by atoms with Crippen molar-refractivity contribution in [1.82, 2.24) is 9.97 Å². The van der Waals surface area contributed by atoms with Gasteiger partial charge in [0.25, 0.3) is 0 Å². The van der Waals surface area contributed by atoms with E-state index in [9.17, 15) is 0 Å². The molecule has 0 unspecified atom stereocenters. The third-order valence-electron chi connectivity index (χ3n) is 3.09. The average Bonchev–Trinajstić information content (AvgIpc) is 2.66. The molecule has 3 rings (SSSR count). The smallest absolute Gasteiger partial charge is 0.163 e. The normalized spacial score (nSPS) is 11.0. The summed E-state index contributed by atoms with van der Waals surface area (Å²) in [4.78, 5) is 11.2. The lowest BCUT2D eigenvalue weighted by Gasteiger charge is -2.03. The Hall–Kier alpha value is -1.94. The van der Waals surface area contributed by atoms with Gasteiger partial charge in [-0.25, -0.2) is 9.97 Å². The molecule has 0 aliphatic heterocycles. The zero-order valence-electron chi connectivity index (χ0n) is 10.3. The Morgan fingerprint density at radius 1 is 1.06 bits per heavy atom. The van der Waals surface area contributed by atoms with Crippen LogP contribution in [0, 0.1) is 13.8 Å². The van der Waals surface area contributed by atoms with E-state index in [-0.39, 0.29) is 0 Å². The lowest BCUT2D eigenvalue weighted by molar-refractivity contribution is 1.24. The highest BCUT2D eigenvalue weighted by atomic mass is 32.1. The largest absolute Gasteiger partial charge is 0.383 e. The number of aryl methyl sites for hydroxylation is 2. The summed E-state index contributed by atoms with van der Waals surface area (Å²) in [7, 11) is 0. The van der Waals surface area contributed by atoms with Crippen molar-refractivity contribution in [3.8, 4) is 11.4 Å². The minimum atomic E-state index is 0.570. The van der Waals surface area contributed by atoms with Crippen LogP contribution >= 0.6 is 11.3 Å². The van der Waals surface area contributed by atoms with Gasteiger partial charge in [-0.05, 0) is 19.4 Å². The Morgan fingerprint density at radius 3 is 2.50 bits per heavy atom. The van der Waals surface area contributed by atoms with Gasteiger partial charge in [0.2, 0.25) is 0 Å². The van der Waals surface area contributed by atoms with Crippen LogP contribution < -0.4 is 5.73 Å². The number of rotatable bonds is 1. The number of hydrogen-bond acceptors (Lipinski definition) is 4. The van der Waals surface area contributed by atoms with Crippen LogP contribution in [0.2, 0.25) is 0 Å². The second kappa shape index (κ2) is 4.07. The number of anilines is 1. The first-order chi connectivity index (χ1) is 8.66. The molecule has 1 aromatic carbocycles. The summed E-state index contributed by atoms with van der Waals surface area (Å²) in [5.74, 6) is 1.27. The number of benzene rings is 1. The molecule has 90 valence electrons. The monoisotopic (exact) mass is 255 g/mol. The molecule has 0 amide bonds. The number of nitrogens with two attached hydrogens (primary N) is 1. The standard InChI is InChI=1S/C14H13N3S/c1-8-9(2)18-14-11(8)12(15)16-13(17-14)10-6-4-3-5-7-10/h3-7H,1-2H3,(H2,15,16,17). The van der Waals surface area contributed by atoms with Crippen molar-refractivity contribution in [1.29, 1.82) is 0 Å². The zero-order valence-corrected chi connectivity index (χ0v) is 11.1. The summed E-state index contributed by atoms with van der Waals surface area (Å²) in [6.45, 7) is 4.15. The molecule has 0 saturated heterocycles. The van der Waals surface area contributed by atoms with E-state index >= 15 is 0 Å². The van der Waals surface area contributed by atoms with Crippen LogP contribution in [0.4, 0.5) is 5.82 Å². The van der Waals surface area contributed by atoms with E-state index in [1.54, 1.807) is 11.3 Å². The molecule has 0 radical (unpaired) electrons. The summed E-state index contributed by atoms with van der Waals surface area (Å²) < 4.78 is 0. The van der Waals surface area contributed by atoms with Crippen molar-refractivity contribution in [2.75, 3.05) is 5.73 Å². The number of thiophene rings is 1. The molecule has 18 heavy (non-hydrogen) atoms. The van der Waals surface area contributed by atoms with E-state index in [0.717, 1.165) is 15.8 Å². The summed E-state index contributed by atoms with van der Waals surface area (Å²) in [5, 5.41) is 0.997. The van der Waals surface area contributed by atoms with Crippen LogP contribution in [-0.2, 0) is 0 Å². The Labute approximate surface area is 109 Å². The Morgan fingerprint density at radius 2 is 1.78 bits per heavy atom. The molecule has 0 saturated carbocycles. The molecule has 0 atom stereocenters. The van der Waals surface area contributed by atoms with Crippen molar-refractivity contribution in [2.24, 2.45) is 0 Å². The Bertz CT molecular complexity index is 717. The summed E-state index contributed by atoms with van der Waals surface area (Å²) in [6, 6.07) is 9.92. The first-order valence-corrected chi connectivity index (χ1v) is 6.57. The minimum absolute atomic E-state index is 0.570. The number of nitrogens with zero attached hydrogens (tertiary/aromatic N) is 2. The predicted octanol–water partition coefficient (Wildman–Crippen LogP) is 3.56. The van der Waals surface area contributed by atoms with E-state index in [4.69, 9.17) is 5.73 Å². The van der Waals surface area contributed by atoms with Gasteiger partial charge in [-0.2, -0.15) is 0 Å². The molecular weight excluding hydrogens is 242 g/mol.